The maximum Gasteiger partial charge on any atom is 0.418 e. The van der Waals surface area contributed by atoms with Crippen molar-refractivity contribution in [1.29, 1.82) is 0 Å². The van der Waals surface area contributed by atoms with E-state index in [-0.39, 0.29) is 29.7 Å². The molecule has 17 heteroatoms. The largest absolute Gasteiger partial charge is 0.418 e. The average molecular weight is 811 g/mol. The fraction of sp³-hybridized carbons (Fsp3) is 0.429. The van der Waals surface area contributed by atoms with Crippen molar-refractivity contribution in [3.63, 3.8) is 0 Å². The third-order valence-corrected chi connectivity index (χ3v) is 12.6. The number of nitrogens with zero attached hydrogens (tertiary/aromatic N) is 9. The number of pyridine rings is 1. The first-order valence-corrected chi connectivity index (χ1v) is 20.1. The number of imide groups is 1. The normalized spacial score (nSPS) is 20.4. The third-order valence-electron chi connectivity index (χ3n) is 12.6. The van der Waals surface area contributed by atoms with Crippen molar-refractivity contribution in [3.8, 4) is 5.69 Å². The number of amides is 3. The number of benzene rings is 2. The Kier molecular flexibility index (Phi) is 9.90. The van der Waals surface area contributed by atoms with Crippen molar-refractivity contribution < 1.29 is 27.6 Å². The zero-order valence-corrected chi connectivity index (χ0v) is 32.9. The Morgan fingerprint density at radius 1 is 0.898 bits per heavy atom. The third kappa shape index (κ3) is 7.30. The molecule has 1 unspecified atom stereocenters. The van der Waals surface area contributed by atoms with E-state index in [1.54, 1.807) is 35.6 Å². The summed E-state index contributed by atoms with van der Waals surface area (Å²) >= 11 is 0. The quantitative estimate of drug-likeness (QED) is 0.232. The number of likely N-dealkylation sites (tertiary alicyclic amines) is 1. The van der Waals surface area contributed by atoms with Gasteiger partial charge in [0, 0.05) is 88.3 Å². The van der Waals surface area contributed by atoms with Crippen LogP contribution in [0.4, 0.5) is 18.9 Å². The van der Waals surface area contributed by atoms with Crippen LogP contribution in [0, 0.1) is 0 Å². The summed E-state index contributed by atoms with van der Waals surface area (Å²) in [6, 6.07) is 13.9. The molecule has 308 valence electrons. The van der Waals surface area contributed by atoms with Crippen LogP contribution < -0.4 is 15.9 Å². The zero-order valence-electron chi connectivity index (χ0n) is 32.9. The number of carbonyl (C=O) groups is 3. The smallest absolute Gasteiger partial charge is 0.369 e. The Morgan fingerprint density at radius 2 is 1.68 bits per heavy atom. The monoisotopic (exact) mass is 810 g/mol. The number of hydrogen-bond acceptors (Lipinski definition) is 9. The van der Waals surface area contributed by atoms with E-state index in [1.165, 1.54) is 16.8 Å². The topological polar surface area (TPSA) is 133 Å². The number of aromatic nitrogens is 5. The molecule has 9 rings (SSSR count). The minimum Gasteiger partial charge on any atom is -0.369 e. The summed E-state index contributed by atoms with van der Waals surface area (Å²) in [5.74, 6) is -0.353. The van der Waals surface area contributed by atoms with Gasteiger partial charge in [-0.3, -0.25) is 38.5 Å². The van der Waals surface area contributed by atoms with Crippen molar-refractivity contribution in [2.24, 2.45) is 7.05 Å². The molecule has 0 saturated carbocycles. The van der Waals surface area contributed by atoms with Gasteiger partial charge in [0.15, 0.2) is 0 Å². The molecule has 3 fully saturated rings. The number of hydrogen-bond donors (Lipinski definition) is 1. The number of anilines is 1. The van der Waals surface area contributed by atoms with Crippen LogP contribution in [0.3, 0.4) is 0 Å². The van der Waals surface area contributed by atoms with E-state index in [0.29, 0.717) is 42.4 Å². The molecule has 0 radical (unpaired) electrons. The van der Waals surface area contributed by atoms with Gasteiger partial charge < -0.3 is 14.4 Å². The second-order valence-corrected chi connectivity index (χ2v) is 16.2. The van der Waals surface area contributed by atoms with Crippen LogP contribution in [0.1, 0.15) is 77.0 Å². The molecular weight excluding hydrogens is 766 g/mol. The van der Waals surface area contributed by atoms with Crippen LogP contribution in [-0.2, 0) is 35.9 Å². The van der Waals surface area contributed by atoms with Gasteiger partial charge in [-0.05, 0) is 85.4 Å². The summed E-state index contributed by atoms with van der Waals surface area (Å²) in [6.45, 7) is 7.37. The Morgan fingerprint density at radius 3 is 2.39 bits per heavy atom. The van der Waals surface area contributed by atoms with Crippen LogP contribution >= 0.6 is 0 Å². The Labute approximate surface area is 337 Å². The molecule has 0 spiro atoms. The van der Waals surface area contributed by atoms with E-state index in [0.717, 1.165) is 79.1 Å². The molecule has 0 aliphatic carbocycles. The Bertz CT molecular complexity index is 2510. The van der Waals surface area contributed by atoms with Crippen LogP contribution in [0.2, 0.25) is 0 Å². The molecule has 4 aliphatic rings. The highest BCUT2D eigenvalue weighted by Gasteiger charge is 2.40. The van der Waals surface area contributed by atoms with Crippen molar-refractivity contribution >= 4 is 28.9 Å². The van der Waals surface area contributed by atoms with Gasteiger partial charge in [-0.2, -0.15) is 13.2 Å². The van der Waals surface area contributed by atoms with Gasteiger partial charge in [-0.15, -0.1) is 10.2 Å². The predicted octanol–water partition coefficient (Wildman–Crippen LogP) is 3.94. The molecule has 59 heavy (non-hydrogen) atoms. The lowest BCUT2D eigenvalue weighted by molar-refractivity contribution is -0.137. The number of imidazole rings is 1. The fourth-order valence-corrected chi connectivity index (χ4v) is 9.32. The molecule has 2 atom stereocenters. The van der Waals surface area contributed by atoms with Gasteiger partial charge in [0.1, 0.15) is 18.2 Å². The van der Waals surface area contributed by atoms with E-state index in [2.05, 4.69) is 30.2 Å². The highest BCUT2D eigenvalue weighted by atomic mass is 19.4. The van der Waals surface area contributed by atoms with Crippen LogP contribution in [0.15, 0.2) is 72.0 Å². The van der Waals surface area contributed by atoms with E-state index in [4.69, 9.17) is 0 Å². The molecule has 7 heterocycles. The number of rotatable bonds is 8. The van der Waals surface area contributed by atoms with E-state index >= 15 is 0 Å². The first-order chi connectivity index (χ1) is 28.3. The highest BCUT2D eigenvalue weighted by molar-refractivity contribution is 6.05. The molecule has 3 saturated heterocycles. The lowest BCUT2D eigenvalue weighted by Gasteiger charge is -2.43. The summed E-state index contributed by atoms with van der Waals surface area (Å²) in [4.78, 5) is 59.6. The molecule has 2 aromatic carbocycles. The highest BCUT2D eigenvalue weighted by Crippen LogP contribution is 2.35. The second kappa shape index (κ2) is 15.1. The summed E-state index contributed by atoms with van der Waals surface area (Å²) < 4.78 is 47.9. The summed E-state index contributed by atoms with van der Waals surface area (Å²) in [6.07, 6.45) is 2.06. The fourth-order valence-electron chi connectivity index (χ4n) is 9.32. The maximum atomic E-state index is 14.6. The second-order valence-electron chi connectivity index (χ2n) is 16.2. The lowest BCUT2D eigenvalue weighted by atomic mass is 10.00. The molecule has 1 N–H and O–H groups in total. The van der Waals surface area contributed by atoms with Gasteiger partial charge in [0.25, 0.3) is 5.91 Å². The van der Waals surface area contributed by atoms with E-state index in [1.807, 2.05) is 42.8 Å². The first-order valence-electron chi connectivity index (χ1n) is 20.1. The first kappa shape index (κ1) is 38.7. The number of carbonyl (C=O) groups excluding carboxylic acids is 3. The van der Waals surface area contributed by atoms with Gasteiger partial charge in [-0.25, -0.2) is 4.79 Å². The summed E-state index contributed by atoms with van der Waals surface area (Å²) in [7, 11) is 1.84. The number of aryl methyl sites for hydroxylation is 1. The Hall–Kier alpha value is -5.81. The molecular formula is C42H45F3N10O4. The van der Waals surface area contributed by atoms with Gasteiger partial charge >= 0.3 is 11.9 Å². The van der Waals surface area contributed by atoms with E-state index in [9.17, 15) is 32.3 Å². The molecule has 0 bridgehead atoms. The zero-order chi connectivity index (χ0) is 41.2. The van der Waals surface area contributed by atoms with Crippen LogP contribution in [0.25, 0.3) is 11.2 Å². The maximum absolute atomic E-state index is 14.6. The van der Waals surface area contributed by atoms with Crippen LogP contribution in [0.5, 0.6) is 0 Å². The molecule has 3 amide bonds. The summed E-state index contributed by atoms with van der Waals surface area (Å²) in [5, 5.41) is 10.5. The number of piperidine rings is 2. The number of nitrogens with one attached hydrogen (secondary N) is 1. The number of alkyl halides is 3. The van der Waals surface area contributed by atoms with Crippen molar-refractivity contribution in [3.05, 3.63) is 111 Å². The number of halogens is 3. The SMILES string of the molecule is C[C@H](c1cccc(-n2cc3c(C(F)(F)F)cc(CN4CCC(N5CCN(c6ccc7c(c6)CN(C6CCC(=O)NC6=O)C7=O)CC5)CC4)cn3c2=O)c1)c1nncn1C. The van der Waals surface area contributed by atoms with Gasteiger partial charge in [0.2, 0.25) is 11.8 Å². The van der Waals surface area contributed by atoms with Crippen molar-refractivity contribution in [2.45, 2.75) is 69.9 Å². The molecule has 4 aliphatic heterocycles. The van der Waals surface area contributed by atoms with Crippen molar-refractivity contribution in [1.82, 2.24) is 43.7 Å². The minimum absolute atomic E-state index is 0.159. The predicted molar refractivity (Wildman–Crippen MR) is 211 cm³/mol. The lowest BCUT2D eigenvalue weighted by Crippen LogP contribution is -2.53. The number of fused-ring (bicyclic) bond motifs is 2. The summed E-state index contributed by atoms with van der Waals surface area (Å²) in [5.41, 5.74) is 2.63. The van der Waals surface area contributed by atoms with Gasteiger partial charge in [0.05, 0.1) is 16.8 Å². The average Bonchev–Trinajstić information content (AvgIpc) is 3.91. The number of piperazine rings is 1. The van der Waals surface area contributed by atoms with Crippen molar-refractivity contribution in [2.75, 3.05) is 44.2 Å². The van der Waals surface area contributed by atoms with E-state index < -0.39 is 29.4 Å². The van der Waals surface area contributed by atoms with Crippen LogP contribution in [-0.4, -0.2) is 108 Å². The molecule has 3 aromatic heterocycles. The molecule has 5 aromatic rings. The minimum atomic E-state index is -4.66. The standard InChI is InChI=1S/C42H45F3N10O4/c1-26(38-48-46-25-49(38)2)28-4-3-5-32(19-28)53-24-36-34(42(43,44)45)18-27(22-55(36)41(53)59)21-50-12-10-30(11-13-50)51-14-16-52(17-15-51)31-6-7-33-29(20-31)23-54(40(33)58)35-8-9-37(56)47-39(35)57/h3-7,18-20,22,24-26,30,35H,8-17,21,23H2,1-2H3,(H,47,56,57)/t26-,35?/m1/s1. The molecule has 14 nitrogen and oxygen atoms in total. The Balaban J connectivity index is 0.833. The van der Waals surface area contributed by atoms with Gasteiger partial charge in [-0.1, -0.05) is 19.1 Å².